The Labute approximate surface area is 123 Å². The summed E-state index contributed by atoms with van der Waals surface area (Å²) in [5.41, 5.74) is 0.723. The summed E-state index contributed by atoms with van der Waals surface area (Å²) in [7, 11) is 0. The van der Waals surface area contributed by atoms with Crippen LogP contribution in [0.5, 0.6) is 5.75 Å². The van der Waals surface area contributed by atoms with Crippen molar-refractivity contribution in [1.82, 2.24) is 10.1 Å². The quantitative estimate of drug-likeness (QED) is 0.870. The van der Waals surface area contributed by atoms with Crippen molar-refractivity contribution < 1.29 is 14.1 Å². The average Bonchev–Trinajstić information content (AvgIpc) is 2.95. The summed E-state index contributed by atoms with van der Waals surface area (Å²) >= 11 is 0. The van der Waals surface area contributed by atoms with Gasteiger partial charge in [-0.1, -0.05) is 23.4 Å². The van der Waals surface area contributed by atoms with Gasteiger partial charge in [0.25, 0.3) is 5.91 Å². The second kappa shape index (κ2) is 5.99. The SMILES string of the molecule is Cc1cc(C(=O)N2CCC(Oc3ccccc3)CC2)on1. The molecule has 3 rings (SSSR count). The fourth-order valence-corrected chi connectivity index (χ4v) is 2.49. The van der Waals surface area contributed by atoms with Crippen LogP contribution in [-0.4, -0.2) is 35.2 Å². The number of likely N-dealkylation sites (tertiary alicyclic amines) is 1. The van der Waals surface area contributed by atoms with Crippen molar-refractivity contribution >= 4 is 5.91 Å². The summed E-state index contributed by atoms with van der Waals surface area (Å²) in [5, 5.41) is 3.76. The van der Waals surface area contributed by atoms with Crippen molar-refractivity contribution in [3.05, 3.63) is 47.9 Å². The van der Waals surface area contributed by atoms with Gasteiger partial charge < -0.3 is 14.2 Å². The Morgan fingerprint density at radius 1 is 1.29 bits per heavy atom. The number of carbonyl (C=O) groups excluding carboxylic acids is 1. The number of hydrogen-bond donors (Lipinski definition) is 0. The molecule has 1 saturated heterocycles. The molecule has 0 spiro atoms. The number of ether oxygens (including phenoxy) is 1. The lowest BCUT2D eigenvalue weighted by atomic mass is 10.1. The van der Waals surface area contributed by atoms with Crippen LogP contribution in [0, 0.1) is 6.92 Å². The average molecular weight is 286 g/mol. The van der Waals surface area contributed by atoms with Gasteiger partial charge in [0.05, 0.1) is 5.69 Å². The normalized spacial score (nSPS) is 16.0. The molecule has 2 aromatic rings. The smallest absolute Gasteiger partial charge is 0.292 e. The number of hydrogen-bond acceptors (Lipinski definition) is 4. The number of para-hydroxylation sites is 1. The molecule has 1 aliphatic heterocycles. The van der Waals surface area contributed by atoms with E-state index in [0.29, 0.717) is 18.8 Å². The van der Waals surface area contributed by atoms with E-state index in [-0.39, 0.29) is 12.0 Å². The van der Waals surface area contributed by atoms with Crippen LogP contribution in [0.1, 0.15) is 29.1 Å². The van der Waals surface area contributed by atoms with Gasteiger partial charge in [0.2, 0.25) is 5.76 Å². The van der Waals surface area contributed by atoms with Gasteiger partial charge in [0, 0.05) is 32.0 Å². The monoisotopic (exact) mass is 286 g/mol. The molecule has 21 heavy (non-hydrogen) atoms. The largest absolute Gasteiger partial charge is 0.490 e. The summed E-state index contributed by atoms with van der Waals surface area (Å²) in [4.78, 5) is 14.0. The first-order valence-corrected chi connectivity index (χ1v) is 7.16. The van der Waals surface area contributed by atoms with Crippen molar-refractivity contribution in [2.24, 2.45) is 0 Å². The summed E-state index contributed by atoms with van der Waals surface area (Å²) < 4.78 is 10.9. The van der Waals surface area contributed by atoms with Crippen LogP contribution >= 0.6 is 0 Å². The van der Waals surface area contributed by atoms with Gasteiger partial charge >= 0.3 is 0 Å². The Kier molecular flexibility index (Phi) is 3.90. The maximum absolute atomic E-state index is 12.2. The van der Waals surface area contributed by atoms with Crippen LogP contribution in [0.4, 0.5) is 0 Å². The number of benzene rings is 1. The van der Waals surface area contributed by atoms with E-state index in [2.05, 4.69) is 5.16 Å². The summed E-state index contributed by atoms with van der Waals surface area (Å²) in [5.74, 6) is 1.11. The molecule has 110 valence electrons. The van der Waals surface area contributed by atoms with Gasteiger partial charge in [-0.25, -0.2) is 0 Å². The molecule has 0 bridgehead atoms. The van der Waals surface area contributed by atoms with E-state index in [1.807, 2.05) is 30.3 Å². The number of aromatic nitrogens is 1. The molecule has 1 aliphatic rings. The zero-order chi connectivity index (χ0) is 14.7. The van der Waals surface area contributed by atoms with Gasteiger partial charge in [0.15, 0.2) is 0 Å². The minimum atomic E-state index is -0.0891. The lowest BCUT2D eigenvalue weighted by Crippen LogP contribution is -2.41. The third-order valence-electron chi connectivity index (χ3n) is 3.61. The van der Waals surface area contributed by atoms with Gasteiger partial charge in [-0.2, -0.15) is 0 Å². The molecule has 5 heteroatoms. The molecule has 0 saturated carbocycles. The van der Waals surface area contributed by atoms with E-state index >= 15 is 0 Å². The highest BCUT2D eigenvalue weighted by atomic mass is 16.5. The van der Waals surface area contributed by atoms with Crippen molar-refractivity contribution in [1.29, 1.82) is 0 Å². The molecular formula is C16H18N2O3. The molecule has 0 atom stereocenters. The van der Waals surface area contributed by atoms with Crippen molar-refractivity contribution in [2.45, 2.75) is 25.9 Å². The molecule has 0 radical (unpaired) electrons. The van der Waals surface area contributed by atoms with Crippen LogP contribution < -0.4 is 4.74 Å². The molecular weight excluding hydrogens is 268 g/mol. The zero-order valence-electron chi connectivity index (χ0n) is 12.0. The lowest BCUT2D eigenvalue weighted by molar-refractivity contribution is 0.0558. The van der Waals surface area contributed by atoms with E-state index in [0.717, 1.165) is 24.3 Å². The van der Waals surface area contributed by atoms with E-state index in [4.69, 9.17) is 9.26 Å². The maximum atomic E-state index is 12.2. The summed E-state index contributed by atoms with van der Waals surface area (Å²) in [6.07, 6.45) is 1.81. The first-order valence-electron chi connectivity index (χ1n) is 7.16. The van der Waals surface area contributed by atoms with Crippen LogP contribution in [-0.2, 0) is 0 Å². The van der Waals surface area contributed by atoms with Crippen LogP contribution in [0.2, 0.25) is 0 Å². The van der Waals surface area contributed by atoms with Crippen molar-refractivity contribution in [2.75, 3.05) is 13.1 Å². The fraction of sp³-hybridized carbons (Fsp3) is 0.375. The van der Waals surface area contributed by atoms with E-state index in [9.17, 15) is 4.79 Å². The Hall–Kier alpha value is -2.30. The lowest BCUT2D eigenvalue weighted by Gasteiger charge is -2.31. The second-order valence-corrected chi connectivity index (χ2v) is 5.26. The predicted octanol–water partition coefficient (Wildman–Crippen LogP) is 2.67. The van der Waals surface area contributed by atoms with Crippen molar-refractivity contribution in [3.63, 3.8) is 0 Å². The Balaban J connectivity index is 1.54. The minimum Gasteiger partial charge on any atom is -0.490 e. The molecule has 1 fully saturated rings. The van der Waals surface area contributed by atoms with Gasteiger partial charge in [-0.3, -0.25) is 4.79 Å². The molecule has 0 aliphatic carbocycles. The van der Waals surface area contributed by atoms with E-state index in [1.165, 1.54) is 0 Å². The first-order chi connectivity index (χ1) is 10.2. The number of piperidine rings is 1. The fourth-order valence-electron chi connectivity index (χ4n) is 2.49. The Bertz CT molecular complexity index is 601. The third-order valence-corrected chi connectivity index (χ3v) is 3.61. The molecule has 0 unspecified atom stereocenters. The first kappa shape index (κ1) is 13.7. The highest BCUT2D eigenvalue weighted by Crippen LogP contribution is 2.20. The minimum absolute atomic E-state index is 0.0891. The summed E-state index contributed by atoms with van der Waals surface area (Å²) in [6.45, 7) is 3.16. The van der Waals surface area contributed by atoms with Gasteiger partial charge in [0.1, 0.15) is 11.9 Å². The Morgan fingerprint density at radius 3 is 2.62 bits per heavy atom. The van der Waals surface area contributed by atoms with Crippen LogP contribution in [0.25, 0.3) is 0 Å². The molecule has 1 amide bonds. The van der Waals surface area contributed by atoms with Crippen LogP contribution in [0.3, 0.4) is 0 Å². The summed E-state index contributed by atoms with van der Waals surface area (Å²) in [6, 6.07) is 11.5. The van der Waals surface area contributed by atoms with Crippen LogP contribution in [0.15, 0.2) is 40.9 Å². The van der Waals surface area contributed by atoms with Gasteiger partial charge in [-0.05, 0) is 19.1 Å². The van der Waals surface area contributed by atoms with E-state index in [1.54, 1.807) is 17.9 Å². The number of carbonyl (C=O) groups is 1. The predicted molar refractivity (Wildman–Crippen MR) is 77.2 cm³/mol. The number of rotatable bonds is 3. The van der Waals surface area contributed by atoms with Crippen molar-refractivity contribution in [3.8, 4) is 5.75 Å². The zero-order valence-corrected chi connectivity index (χ0v) is 12.0. The molecule has 1 aromatic carbocycles. The number of nitrogens with zero attached hydrogens (tertiary/aromatic N) is 2. The topological polar surface area (TPSA) is 55.6 Å². The van der Waals surface area contributed by atoms with Gasteiger partial charge in [-0.15, -0.1) is 0 Å². The molecule has 2 heterocycles. The highest BCUT2D eigenvalue weighted by molar-refractivity contribution is 5.91. The number of aryl methyl sites for hydroxylation is 1. The maximum Gasteiger partial charge on any atom is 0.292 e. The van der Waals surface area contributed by atoms with E-state index < -0.39 is 0 Å². The Morgan fingerprint density at radius 2 is 2.00 bits per heavy atom. The third kappa shape index (κ3) is 3.24. The highest BCUT2D eigenvalue weighted by Gasteiger charge is 2.26. The standard InChI is InChI=1S/C16H18N2O3/c1-12-11-15(21-17-12)16(19)18-9-7-14(8-10-18)20-13-5-3-2-4-6-13/h2-6,11,14H,7-10H2,1H3. The number of amides is 1. The molecule has 1 aromatic heterocycles. The molecule has 0 N–H and O–H groups in total. The molecule has 5 nitrogen and oxygen atoms in total. The second-order valence-electron chi connectivity index (χ2n) is 5.26.